The lowest BCUT2D eigenvalue weighted by molar-refractivity contribution is 0.411. The van der Waals surface area contributed by atoms with E-state index in [1.807, 2.05) is 6.07 Å². The Kier molecular flexibility index (Phi) is 3.83. The summed E-state index contributed by atoms with van der Waals surface area (Å²) in [6.45, 7) is 4.21. The second-order valence-corrected chi connectivity index (χ2v) is 4.71. The minimum absolute atomic E-state index is 0.970. The summed E-state index contributed by atoms with van der Waals surface area (Å²) in [5, 5.41) is 3.50. The Balaban J connectivity index is 1.77. The van der Waals surface area contributed by atoms with E-state index in [1.54, 1.807) is 7.11 Å². The van der Waals surface area contributed by atoms with Crippen LogP contribution < -0.4 is 10.1 Å². The van der Waals surface area contributed by atoms with Crippen molar-refractivity contribution in [1.82, 2.24) is 5.32 Å². The Hall–Kier alpha value is -1.02. The summed E-state index contributed by atoms with van der Waals surface area (Å²) >= 11 is 0. The third-order valence-electron chi connectivity index (χ3n) is 3.21. The van der Waals surface area contributed by atoms with Crippen LogP contribution in [0.2, 0.25) is 0 Å². The van der Waals surface area contributed by atoms with E-state index < -0.39 is 0 Å². The first-order valence-corrected chi connectivity index (χ1v) is 6.14. The molecule has 1 aromatic rings. The van der Waals surface area contributed by atoms with Gasteiger partial charge in [-0.2, -0.15) is 0 Å². The Morgan fingerprint density at radius 2 is 2.19 bits per heavy atom. The Bertz CT molecular complexity index is 345. The summed E-state index contributed by atoms with van der Waals surface area (Å²) in [7, 11) is 1.72. The van der Waals surface area contributed by atoms with Crippen LogP contribution in [0.1, 0.15) is 30.4 Å². The fourth-order valence-electron chi connectivity index (χ4n) is 2.00. The fraction of sp³-hybridized carbons (Fsp3) is 0.571. The fourth-order valence-corrected chi connectivity index (χ4v) is 2.00. The monoisotopic (exact) mass is 219 g/mol. The summed E-state index contributed by atoms with van der Waals surface area (Å²) in [6.07, 6.45) is 4.24. The van der Waals surface area contributed by atoms with Gasteiger partial charge in [0.15, 0.2) is 0 Å². The van der Waals surface area contributed by atoms with Crippen molar-refractivity contribution < 1.29 is 4.74 Å². The molecule has 1 aromatic carbocycles. The van der Waals surface area contributed by atoms with Crippen LogP contribution in [0, 0.1) is 12.8 Å². The van der Waals surface area contributed by atoms with Gasteiger partial charge in [-0.3, -0.25) is 0 Å². The van der Waals surface area contributed by atoms with Gasteiger partial charge in [0.05, 0.1) is 7.11 Å². The molecule has 1 fully saturated rings. The molecule has 0 heterocycles. The molecule has 88 valence electrons. The van der Waals surface area contributed by atoms with Crippen LogP contribution in [0.5, 0.6) is 5.75 Å². The first-order chi connectivity index (χ1) is 7.79. The highest BCUT2D eigenvalue weighted by Gasteiger charge is 2.19. The van der Waals surface area contributed by atoms with E-state index >= 15 is 0 Å². The molecule has 0 spiro atoms. The molecule has 16 heavy (non-hydrogen) atoms. The predicted molar refractivity (Wildman–Crippen MR) is 66.8 cm³/mol. The number of nitrogens with one attached hydrogen (secondary N) is 1. The average Bonchev–Trinajstić information content (AvgIpc) is 3.08. The van der Waals surface area contributed by atoms with Gasteiger partial charge in [0, 0.05) is 6.54 Å². The zero-order valence-corrected chi connectivity index (χ0v) is 10.3. The molecule has 2 nitrogen and oxygen atoms in total. The van der Waals surface area contributed by atoms with E-state index in [4.69, 9.17) is 4.74 Å². The van der Waals surface area contributed by atoms with Gasteiger partial charge in [0.1, 0.15) is 5.75 Å². The molecule has 0 aromatic heterocycles. The van der Waals surface area contributed by atoms with Crippen LogP contribution in [-0.4, -0.2) is 13.7 Å². The summed E-state index contributed by atoms with van der Waals surface area (Å²) in [6, 6.07) is 6.38. The molecule has 1 aliphatic rings. The van der Waals surface area contributed by atoms with Gasteiger partial charge >= 0.3 is 0 Å². The molecule has 1 N–H and O–H groups in total. The number of benzene rings is 1. The Morgan fingerprint density at radius 1 is 1.38 bits per heavy atom. The van der Waals surface area contributed by atoms with Gasteiger partial charge in [-0.1, -0.05) is 25.0 Å². The number of rotatable bonds is 6. The van der Waals surface area contributed by atoms with E-state index in [-0.39, 0.29) is 0 Å². The molecule has 0 bridgehead atoms. The highest BCUT2D eigenvalue weighted by molar-refractivity contribution is 5.36. The van der Waals surface area contributed by atoms with E-state index in [0.717, 1.165) is 24.8 Å². The number of methoxy groups -OCH3 is 1. The highest BCUT2D eigenvalue weighted by atomic mass is 16.5. The van der Waals surface area contributed by atoms with Crippen molar-refractivity contribution in [2.24, 2.45) is 5.92 Å². The maximum absolute atomic E-state index is 5.24. The van der Waals surface area contributed by atoms with Crippen molar-refractivity contribution in [2.75, 3.05) is 13.7 Å². The van der Waals surface area contributed by atoms with E-state index in [2.05, 4.69) is 24.4 Å². The van der Waals surface area contributed by atoms with Crippen molar-refractivity contribution >= 4 is 0 Å². The van der Waals surface area contributed by atoms with Gasteiger partial charge in [-0.15, -0.1) is 0 Å². The molecule has 0 saturated heterocycles. The van der Waals surface area contributed by atoms with Crippen molar-refractivity contribution in [3.8, 4) is 5.75 Å². The molecule has 2 heteroatoms. The second-order valence-electron chi connectivity index (χ2n) is 4.71. The van der Waals surface area contributed by atoms with Gasteiger partial charge in [-0.05, 0) is 43.0 Å². The zero-order valence-electron chi connectivity index (χ0n) is 10.3. The van der Waals surface area contributed by atoms with Crippen LogP contribution in [0.15, 0.2) is 18.2 Å². The lowest BCUT2D eigenvalue weighted by Crippen LogP contribution is -2.15. The number of hydrogen-bond donors (Lipinski definition) is 1. The number of ether oxygens (including phenoxy) is 1. The van der Waals surface area contributed by atoms with E-state index in [1.165, 1.54) is 30.4 Å². The van der Waals surface area contributed by atoms with Crippen LogP contribution in [-0.2, 0) is 6.54 Å². The number of hydrogen-bond acceptors (Lipinski definition) is 2. The quantitative estimate of drug-likeness (QED) is 0.743. The normalized spacial score (nSPS) is 15.1. The lowest BCUT2D eigenvalue weighted by Gasteiger charge is -2.08. The molecule has 1 aliphatic carbocycles. The van der Waals surface area contributed by atoms with Gasteiger partial charge in [0.25, 0.3) is 0 Å². The van der Waals surface area contributed by atoms with Crippen molar-refractivity contribution in [3.05, 3.63) is 29.3 Å². The van der Waals surface area contributed by atoms with E-state index in [0.29, 0.717) is 0 Å². The minimum Gasteiger partial charge on any atom is -0.496 e. The summed E-state index contributed by atoms with van der Waals surface area (Å²) in [5.74, 6) is 1.99. The summed E-state index contributed by atoms with van der Waals surface area (Å²) in [4.78, 5) is 0. The van der Waals surface area contributed by atoms with Gasteiger partial charge < -0.3 is 10.1 Å². The molecule has 0 amide bonds. The summed E-state index contributed by atoms with van der Waals surface area (Å²) < 4.78 is 5.24. The van der Waals surface area contributed by atoms with Crippen molar-refractivity contribution in [2.45, 2.75) is 32.7 Å². The van der Waals surface area contributed by atoms with Crippen molar-refractivity contribution in [1.29, 1.82) is 0 Å². The Morgan fingerprint density at radius 3 is 2.81 bits per heavy atom. The second kappa shape index (κ2) is 5.35. The maximum atomic E-state index is 5.24. The SMILES string of the molecule is COc1ccc(CNCCC2CC2)cc1C. The molecular formula is C14H21NO. The maximum Gasteiger partial charge on any atom is 0.121 e. The molecule has 2 rings (SSSR count). The third-order valence-corrected chi connectivity index (χ3v) is 3.21. The third kappa shape index (κ3) is 3.24. The molecule has 0 aliphatic heterocycles. The molecule has 0 unspecified atom stereocenters. The largest absolute Gasteiger partial charge is 0.496 e. The Labute approximate surface area is 98.0 Å². The first-order valence-electron chi connectivity index (χ1n) is 6.14. The lowest BCUT2D eigenvalue weighted by atomic mass is 10.1. The molecular weight excluding hydrogens is 198 g/mol. The predicted octanol–water partition coefficient (Wildman–Crippen LogP) is 2.89. The van der Waals surface area contributed by atoms with E-state index in [9.17, 15) is 0 Å². The standard InChI is InChI=1S/C14H21NO/c1-11-9-13(5-6-14(11)16-2)10-15-8-7-12-3-4-12/h5-6,9,12,15H,3-4,7-8,10H2,1-2H3. The van der Waals surface area contributed by atoms with Crippen LogP contribution >= 0.6 is 0 Å². The van der Waals surface area contributed by atoms with Crippen molar-refractivity contribution in [3.63, 3.8) is 0 Å². The average molecular weight is 219 g/mol. The topological polar surface area (TPSA) is 21.3 Å². The van der Waals surface area contributed by atoms with Gasteiger partial charge in [-0.25, -0.2) is 0 Å². The van der Waals surface area contributed by atoms with Crippen LogP contribution in [0.25, 0.3) is 0 Å². The molecule has 0 radical (unpaired) electrons. The van der Waals surface area contributed by atoms with Crippen LogP contribution in [0.3, 0.4) is 0 Å². The van der Waals surface area contributed by atoms with Crippen LogP contribution in [0.4, 0.5) is 0 Å². The number of aryl methyl sites for hydroxylation is 1. The molecule has 0 atom stereocenters. The molecule has 1 saturated carbocycles. The minimum atomic E-state index is 0.970. The smallest absolute Gasteiger partial charge is 0.121 e. The van der Waals surface area contributed by atoms with Gasteiger partial charge in [0.2, 0.25) is 0 Å². The summed E-state index contributed by atoms with van der Waals surface area (Å²) in [5.41, 5.74) is 2.55. The zero-order chi connectivity index (χ0) is 11.4. The highest BCUT2D eigenvalue weighted by Crippen LogP contribution is 2.31. The first kappa shape index (κ1) is 11.5.